The fraction of sp³-hybridized carbons (Fsp3) is 0.652. The third-order valence-corrected chi connectivity index (χ3v) is 7.58. The van der Waals surface area contributed by atoms with Crippen molar-refractivity contribution in [2.24, 2.45) is 11.8 Å². The van der Waals surface area contributed by atoms with Crippen LogP contribution in [0.15, 0.2) is 28.7 Å². The highest BCUT2D eigenvalue weighted by Gasteiger charge is 2.42. The van der Waals surface area contributed by atoms with E-state index in [1.165, 1.54) is 18.8 Å². The molecule has 1 fully saturated rings. The van der Waals surface area contributed by atoms with Crippen molar-refractivity contribution in [3.63, 3.8) is 0 Å². The Balaban J connectivity index is 1.49. The van der Waals surface area contributed by atoms with Crippen LogP contribution in [-0.2, 0) is 4.57 Å². The summed E-state index contributed by atoms with van der Waals surface area (Å²) in [6.07, 6.45) is 2.44. The molecular weight excluding hydrogens is 425 g/mol. The molecule has 1 aliphatic rings. The highest BCUT2D eigenvalue weighted by molar-refractivity contribution is 7.57. The van der Waals surface area contributed by atoms with Crippen LogP contribution in [0.1, 0.15) is 63.2 Å². The molecule has 2 aromatic rings. The Hall–Kier alpha value is -1.27. The molecule has 1 aromatic heterocycles. The van der Waals surface area contributed by atoms with E-state index in [1.807, 2.05) is 0 Å². The quantitative estimate of drug-likeness (QED) is 0.302. The predicted molar refractivity (Wildman–Crippen MR) is 117 cm³/mol. The van der Waals surface area contributed by atoms with Gasteiger partial charge in [0.05, 0.1) is 6.10 Å². The Bertz CT molecular complexity index is 895. The van der Waals surface area contributed by atoms with Gasteiger partial charge < -0.3 is 19.5 Å². The van der Waals surface area contributed by atoms with Gasteiger partial charge in [-0.05, 0) is 55.7 Å². The second-order valence-corrected chi connectivity index (χ2v) is 11.6. The van der Waals surface area contributed by atoms with Crippen LogP contribution in [0.3, 0.4) is 0 Å². The summed E-state index contributed by atoms with van der Waals surface area (Å²) >= 11 is 0. The molecule has 1 unspecified atom stereocenters. The summed E-state index contributed by atoms with van der Waals surface area (Å²) in [5.74, 6) is -0.545. The van der Waals surface area contributed by atoms with Crippen LogP contribution in [0.4, 0.5) is 8.78 Å². The maximum absolute atomic E-state index is 14.5. The highest BCUT2D eigenvalue weighted by atomic mass is 31.2. The van der Waals surface area contributed by atoms with Crippen molar-refractivity contribution < 1.29 is 32.9 Å². The molecule has 6 atom stereocenters. The summed E-state index contributed by atoms with van der Waals surface area (Å²) in [6.45, 7) is 1.37. The summed E-state index contributed by atoms with van der Waals surface area (Å²) in [7, 11) is -2.96. The van der Waals surface area contributed by atoms with E-state index in [1.54, 1.807) is 12.1 Å². The van der Waals surface area contributed by atoms with Gasteiger partial charge in [-0.3, -0.25) is 4.57 Å². The van der Waals surface area contributed by atoms with E-state index >= 15 is 0 Å². The number of furan rings is 1. The zero-order valence-corrected chi connectivity index (χ0v) is 18.8. The van der Waals surface area contributed by atoms with E-state index < -0.39 is 31.6 Å². The molecule has 31 heavy (non-hydrogen) atoms. The summed E-state index contributed by atoms with van der Waals surface area (Å²) in [5.41, 5.74) is 0.368. The van der Waals surface area contributed by atoms with Gasteiger partial charge in [0.25, 0.3) is 0 Å². The molecule has 0 spiro atoms. The number of fused-ring (bicyclic) bond motifs is 1. The van der Waals surface area contributed by atoms with Crippen LogP contribution in [0.25, 0.3) is 11.0 Å². The Kier molecular flexibility index (Phi) is 8.31. The number of rotatable bonds is 11. The minimum Gasteiger partial charge on any atom is -0.458 e. The molecule has 0 bridgehead atoms. The van der Waals surface area contributed by atoms with Gasteiger partial charge in [0.1, 0.15) is 29.4 Å². The third-order valence-electron chi connectivity index (χ3n) is 6.44. The average Bonchev–Trinajstić information content (AvgIpc) is 3.22. The number of hydrogen-bond donors (Lipinski definition) is 3. The van der Waals surface area contributed by atoms with Crippen molar-refractivity contribution >= 4 is 18.3 Å². The van der Waals surface area contributed by atoms with E-state index in [2.05, 4.69) is 0 Å². The molecular formula is C23H33F2O5P. The van der Waals surface area contributed by atoms with Gasteiger partial charge in [-0.2, -0.15) is 0 Å². The Morgan fingerprint density at radius 3 is 2.65 bits per heavy atom. The van der Waals surface area contributed by atoms with Gasteiger partial charge in [-0.25, -0.2) is 8.78 Å². The van der Waals surface area contributed by atoms with E-state index in [9.17, 15) is 28.5 Å². The van der Waals surface area contributed by atoms with Crippen molar-refractivity contribution in [1.29, 1.82) is 0 Å². The molecule has 174 valence electrons. The second-order valence-electron chi connectivity index (χ2n) is 9.05. The van der Waals surface area contributed by atoms with Crippen LogP contribution >= 0.6 is 7.37 Å². The largest absolute Gasteiger partial charge is 0.458 e. The molecule has 0 saturated heterocycles. The second kappa shape index (κ2) is 10.6. The van der Waals surface area contributed by atoms with E-state index in [0.717, 1.165) is 19.3 Å². The lowest BCUT2D eigenvalue weighted by molar-refractivity contribution is 0.0916. The summed E-state index contributed by atoms with van der Waals surface area (Å²) in [5, 5.41) is 21.5. The number of halogens is 2. The fourth-order valence-corrected chi connectivity index (χ4v) is 5.57. The first-order chi connectivity index (χ1) is 14.6. The number of unbranched alkanes of at least 4 members (excludes halogenated alkanes) is 3. The molecule has 1 heterocycles. The van der Waals surface area contributed by atoms with Gasteiger partial charge in [0.2, 0.25) is 0 Å². The molecule has 1 aromatic carbocycles. The number of benzene rings is 1. The van der Waals surface area contributed by atoms with Crippen molar-refractivity contribution in [3.05, 3.63) is 35.8 Å². The van der Waals surface area contributed by atoms with E-state index in [4.69, 9.17) is 4.42 Å². The lowest BCUT2D eigenvalue weighted by Gasteiger charge is -2.23. The zero-order valence-electron chi connectivity index (χ0n) is 17.9. The molecule has 0 aliphatic heterocycles. The molecule has 1 aliphatic carbocycles. The standard InChI is InChI=1S/C23H33F2O5P/c1-31(28,29)11-5-3-2-4-6-18-17(19(25)14-21(18)27)9-10-20(26)23-12-15-7-8-16(24)13-22(15)30-23/h7-8,12-13,17-21,26-27H,2-6,9-11,14H2,1H3,(H,28,29)/t17-,18-,19+,20+,21+/m1/s1. The topological polar surface area (TPSA) is 90.9 Å². The monoisotopic (exact) mass is 458 g/mol. The molecule has 1 saturated carbocycles. The molecule has 5 nitrogen and oxygen atoms in total. The first-order valence-corrected chi connectivity index (χ1v) is 13.4. The summed E-state index contributed by atoms with van der Waals surface area (Å²) < 4.78 is 44.7. The van der Waals surface area contributed by atoms with Crippen molar-refractivity contribution in [2.45, 2.75) is 69.7 Å². The van der Waals surface area contributed by atoms with Crippen LogP contribution in [-0.4, -0.2) is 40.2 Å². The molecule has 0 radical (unpaired) electrons. The molecule has 3 rings (SSSR count). The number of alkyl halides is 1. The minimum absolute atomic E-state index is 0.124. The summed E-state index contributed by atoms with van der Waals surface area (Å²) in [6, 6.07) is 5.86. The molecule has 0 amide bonds. The maximum atomic E-state index is 14.5. The number of aliphatic hydroxyl groups is 2. The van der Waals surface area contributed by atoms with Crippen LogP contribution < -0.4 is 0 Å². The first-order valence-electron chi connectivity index (χ1n) is 11.1. The van der Waals surface area contributed by atoms with Gasteiger partial charge >= 0.3 is 0 Å². The van der Waals surface area contributed by atoms with Crippen LogP contribution in [0.5, 0.6) is 0 Å². The third kappa shape index (κ3) is 6.85. The van der Waals surface area contributed by atoms with Gasteiger partial charge in [-0.1, -0.05) is 19.3 Å². The zero-order chi connectivity index (χ0) is 22.6. The fourth-order valence-electron chi connectivity index (χ4n) is 4.76. The smallest absolute Gasteiger partial charge is 0.197 e. The van der Waals surface area contributed by atoms with Gasteiger partial charge in [0.15, 0.2) is 7.37 Å². The highest BCUT2D eigenvalue weighted by Crippen LogP contribution is 2.42. The van der Waals surface area contributed by atoms with Gasteiger partial charge in [-0.15, -0.1) is 0 Å². The van der Waals surface area contributed by atoms with E-state index in [-0.39, 0.29) is 18.3 Å². The van der Waals surface area contributed by atoms with Crippen LogP contribution in [0, 0.1) is 17.7 Å². The Morgan fingerprint density at radius 1 is 1.16 bits per heavy atom. The maximum Gasteiger partial charge on any atom is 0.197 e. The predicted octanol–water partition coefficient (Wildman–Crippen LogP) is 5.57. The van der Waals surface area contributed by atoms with Crippen molar-refractivity contribution in [2.75, 3.05) is 12.8 Å². The minimum atomic E-state index is -2.96. The SMILES string of the molecule is CP(=O)(O)CCCCCC[C@@H]1[C@@H](CC[C@H](O)c2cc3ccc(F)cc3o2)[C@@H](F)C[C@@H]1O. The lowest BCUT2D eigenvalue weighted by atomic mass is 9.85. The summed E-state index contributed by atoms with van der Waals surface area (Å²) in [4.78, 5) is 9.32. The van der Waals surface area contributed by atoms with Crippen molar-refractivity contribution in [1.82, 2.24) is 0 Å². The van der Waals surface area contributed by atoms with Crippen molar-refractivity contribution in [3.8, 4) is 0 Å². The Labute approximate surface area is 181 Å². The molecule has 8 heteroatoms. The molecule has 3 N–H and O–H groups in total. The average molecular weight is 458 g/mol. The van der Waals surface area contributed by atoms with Crippen LogP contribution in [0.2, 0.25) is 0 Å². The number of hydrogen-bond acceptors (Lipinski definition) is 4. The van der Waals surface area contributed by atoms with Gasteiger partial charge in [0, 0.05) is 30.7 Å². The normalized spacial score (nSPS) is 26.9. The Morgan fingerprint density at radius 2 is 1.90 bits per heavy atom. The first kappa shape index (κ1) is 24.4. The number of aliphatic hydroxyl groups excluding tert-OH is 2. The van der Waals surface area contributed by atoms with E-state index in [0.29, 0.717) is 48.6 Å². The lowest BCUT2D eigenvalue weighted by Crippen LogP contribution is -2.21.